The number of amides is 2. The van der Waals surface area contributed by atoms with Crippen LogP contribution in [-0.2, 0) is 0 Å². The lowest BCUT2D eigenvalue weighted by Crippen LogP contribution is -2.40. The molecule has 2 aromatic rings. The van der Waals surface area contributed by atoms with E-state index in [4.69, 9.17) is 4.74 Å². The smallest absolute Gasteiger partial charge is 0.321 e. The molecular formula is C16H16FN3O2S. The minimum atomic E-state index is -0.369. The van der Waals surface area contributed by atoms with Gasteiger partial charge in [0.25, 0.3) is 0 Å². The number of pyridine rings is 1. The topological polar surface area (TPSA) is 54.5 Å². The van der Waals surface area contributed by atoms with Gasteiger partial charge in [-0.05, 0) is 18.2 Å². The number of benzene rings is 1. The summed E-state index contributed by atoms with van der Waals surface area (Å²) >= 11 is 1.85. The molecule has 1 aromatic heterocycles. The number of aromatic nitrogens is 1. The molecular weight excluding hydrogens is 317 g/mol. The van der Waals surface area contributed by atoms with Crippen molar-refractivity contribution in [1.29, 1.82) is 0 Å². The summed E-state index contributed by atoms with van der Waals surface area (Å²) in [5, 5.41) is 2.81. The Balaban J connectivity index is 1.59. The van der Waals surface area contributed by atoms with Crippen molar-refractivity contribution in [1.82, 2.24) is 9.88 Å². The maximum Gasteiger partial charge on any atom is 0.321 e. The fraction of sp³-hybridized carbons (Fsp3) is 0.250. The zero-order chi connectivity index (χ0) is 16.1. The molecule has 0 aliphatic carbocycles. The van der Waals surface area contributed by atoms with Crippen LogP contribution in [0.25, 0.3) is 0 Å². The van der Waals surface area contributed by atoms with E-state index in [1.807, 2.05) is 11.8 Å². The maximum atomic E-state index is 13.1. The number of carbonyl (C=O) groups is 1. The zero-order valence-corrected chi connectivity index (χ0v) is 13.2. The molecule has 0 spiro atoms. The second kappa shape index (κ2) is 7.32. The molecule has 0 radical (unpaired) electrons. The second-order valence-corrected chi connectivity index (χ2v) is 6.20. The lowest BCUT2D eigenvalue weighted by Gasteiger charge is -2.26. The van der Waals surface area contributed by atoms with Crippen LogP contribution in [0.3, 0.4) is 0 Å². The van der Waals surface area contributed by atoms with Crippen molar-refractivity contribution >= 4 is 23.5 Å². The highest BCUT2D eigenvalue weighted by Gasteiger charge is 2.16. The Kier molecular flexibility index (Phi) is 4.97. The summed E-state index contributed by atoms with van der Waals surface area (Å²) in [6.07, 6.45) is 1.52. The molecule has 1 fully saturated rings. The van der Waals surface area contributed by atoms with E-state index in [0.717, 1.165) is 24.6 Å². The summed E-state index contributed by atoms with van der Waals surface area (Å²) in [6, 6.07) is 9.06. The molecule has 1 aromatic carbocycles. The van der Waals surface area contributed by atoms with Crippen molar-refractivity contribution in [3.63, 3.8) is 0 Å². The minimum absolute atomic E-state index is 0.120. The van der Waals surface area contributed by atoms with E-state index >= 15 is 0 Å². The first-order valence-corrected chi connectivity index (χ1v) is 8.39. The molecule has 1 saturated heterocycles. The Hall–Kier alpha value is -2.28. The molecule has 0 bridgehead atoms. The Morgan fingerprint density at radius 3 is 2.78 bits per heavy atom. The number of ether oxygens (including phenoxy) is 1. The highest BCUT2D eigenvalue weighted by Crippen LogP contribution is 2.21. The van der Waals surface area contributed by atoms with Crippen molar-refractivity contribution in [2.75, 3.05) is 29.9 Å². The van der Waals surface area contributed by atoms with Gasteiger partial charge < -0.3 is 15.0 Å². The van der Waals surface area contributed by atoms with E-state index in [1.54, 1.807) is 29.2 Å². The fourth-order valence-electron chi connectivity index (χ4n) is 2.13. The average molecular weight is 333 g/mol. The SMILES string of the molecule is O=C(Nc1ccc(Oc2cccc(F)c2)nc1)N1CCSCC1. The number of hydrogen-bond donors (Lipinski definition) is 1. The second-order valence-electron chi connectivity index (χ2n) is 4.97. The predicted octanol–water partition coefficient (Wildman–Crippen LogP) is 3.59. The third-order valence-corrected chi connectivity index (χ3v) is 4.25. The lowest BCUT2D eigenvalue weighted by atomic mass is 10.3. The summed E-state index contributed by atoms with van der Waals surface area (Å²) in [4.78, 5) is 18.0. The van der Waals surface area contributed by atoms with Crippen LogP contribution >= 0.6 is 11.8 Å². The number of anilines is 1. The first kappa shape index (κ1) is 15.6. The fourth-order valence-corrected chi connectivity index (χ4v) is 3.04. The summed E-state index contributed by atoms with van der Waals surface area (Å²) in [5.74, 6) is 2.27. The van der Waals surface area contributed by atoms with Crippen molar-refractivity contribution in [3.8, 4) is 11.6 Å². The number of halogens is 1. The van der Waals surface area contributed by atoms with Gasteiger partial charge in [0.2, 0.25) is 5.88 Å². The van der Waals surface area contributed by atoms with Gasteiger partial charge in [0.1, 0.15) is 11.6 Å². The standard InChI is InChI=1S/C16H16FN3O2S/c17-12-2-1-3-14(10-12)22-15-5-4-13(11-18-15)19-16(21)20-6-8-23-9-7-20/h1-5,10-11H,6-9H2,(H,19,21). The molecule has 0 atom stereocenters. The Bertz CT molecular complexity index is 675. The molecule has 120 valence electrons. The molecule has 2 amide bonds. The van der Waals surface area contributed by atoms with Crippen LogP contribution < -0.4 is 10.1 Å². The van der Waals surface area contributed by atoms with Crippen molar-refractivity contribution in [2.24, 2.45) is 0 Å². The van der Waals surface area contributed by atoms with Crippen LogP contribution in [0.15, 0.2) is 42.6 Å². The Morgan fingerprint density at radius 2 is 2.09 bits per heavy atom. The average Bonchev–Trinajstić information content (AvgIpc) is 2.57. The minimum Gasteiger partial charge on any atom is -0.439 e. The summed E-state index contributed by atoms with van der Waals surface area (Å²) in [5.41, 5.74) is 0.597. The van der Waals surface area contributed by atoms with Gasteiger partial charge in [0, 0.05) is 36.7 Å². The van der Waals surface area contributed by atoms with Gasteiger partial charge in [-0.15, -0.1) is 0 Å². The van der Waals surface area contributed by atoms with E-state index in [0.29, 0.717) is 17.3 Å². The number of urea groups is 1. The van der Waals surface area contributed by atoms with Crippen LogP contribution in [0.5, 0.6) is 11.6 Å². The predicted molar refractivity (Wildman–Crippen MR) is 88.6 cm³/mol. The first-order chi connectivity index (χ1) is 11.2. The van der Waals surface area contributed by atoms with E-state index < -0.39 is 0 Å². The molecule has 1 aliphatic heterocycles. The number of hydrogen-bond acceptors (Lipinski definition) is 4. The number of thioether (sulfide) groups is 1. The van der Waals surface area contributed by atoms with Crippen LogP contribution in [0.4, 0.5) is 14.9 Å². The van der Waals surface area contributed by atoms with Gasteiger partial charge in [-0.3, -0.25) is 0 Å². The van der Waals surface area contributed by atoms with Gasteiger partial charge in [0.15, 0.2) is 0 Å². The summed E-state index contributed by atoms with van der Waals surface area (Å²) in [7, 11) is 0. The van der Waals surface area contributed by atoms with Crippen molar-refractivity contribution < 1.29 is 13.9 Å². The third-order valence-electron chi connectivity index (χ3n) is 3.30. The maximum absolute atomic E-state index is 13.1. The molecule has 7 heteroatoms. The Labute approximate surface area is 137 Å². The van der Waals surface area contributed by atoms with Gasteiger partial charge in [-0.1, -0.05) is 6.07 Å². The molecule has 0 saturated carbocycles. The third kappa shape index (κ3) is 4.35. The van der Waals surface area contributed by atoms with E-state index in [1.165, 1.54) is 18.3 Å². The van der Waals surface area contributed by atoms with Crippen LogP contribution in [0.2, 0.25) is 0 Å². The molecule has 2 heterocycles. The van der Waals surface area contributed by atoms with E-state index in [-0.39, 0.29) is 11.8 Å². The monoisotopic (exact) mass is 333 g/mol. The first-order valence-electron chi connectivity index (χ1n) is 7.24. The number of rotatable bonds is 3. The molecule has 23 heavy (non-hydrogen) atoms. The van der Waals surface area contributed by atoms with Gasteiger partial charge >= 0.3 is 6.03 Å². The molecule has 1 aliphatic rings. The number of nitrogens with zero attached hydrogens (tertiary/aromatic N) is 2. The molecule has 1 N–H and O–H groups in total. The normalized spacial score (nSPS) is 14.4. The number of nitrogens with one attached hydrogen (secondary N) is 1. The van der Waals surface area contributed by atoms with Gasteiger partial charge in [-0.25, -0.2) is 14.2 Å². The van der Waals surface area contributed by atoms with Crippen molar-refractivity contribution in [3.05, 3.63) is 48.4 Å². The van der Waals surface area contributed by atoms with Crippen LogP contribution in [-0.4, -0.2) is 40.5 Å². The molecule has 3 rings (SSSR count). The zero-order valence-electron chi connectivity index (χ0n) is 12.4. The number of carbonyl (C=O) groups excluding carboxylic acids is 1. The van der Waals surface area contributed by atoms with Crippen LogP contribution in [0.1, 0.15) is 0 Å². The van der Waals surface area contributed by atoms with Gasteiger partial charge in [-0.2, -0.15) is 11.8 Å². The lowest BCUT2D eigenvalue weighted by molar-refractivity contribution is 0.217. The largest absolute Gasteiger partial charge is 0.439 e. The molecule has 5 nitrogen and oxygen atoms in total. The highest BCUT2D eigenvalue weighted by atomic mass is 32.2. The van der Waals surface area contributed by atoms with E-state index in [9.17, 15) is 9.18 Å². The summed E-state index contributed by atoms with van der Waals surface area (Å²) < 4.78 is 18.6. The quantitative estimate of drug-likeness (QED) is 0.932. The summed E-state index contributed by atoms with van der Waals surface area (Å²) in [6.45, 7) is 1.51. The van der Waals surface area contributed by atoms with Crippen molar-refractivity contribution in [2.45, 2.75) is 0 Å². The van der Waals surface area contributed by atoms with Crippen LogP contribution in [0, 0.1) is 5.82 Å². The highest BCUT2D eigenvalue weighted by molar-refractivity contribution is 7.99. The van der Waals surface area contributed by atoms with Gasteiger partial charge in [0.05, 0.1) is 11.9 Å². The van der Waals surface area contributed by atoms with E-state index in [2.05, 4.69) is 10.3 Å². The Morgan fingerprint density at radius 1 is 1.26 bits per heavy atom. The molecule has 0 unspecified atom stereocenters.